The van der Waals surface area contributed by atoms with E-state index in [1.165, 1.54) is 25.3 Å². The van der Waals surface area contributed by atoms with Crippen LogP contribution in [0.4, 0.5) is 11.4 Å². The summed E-state index contributed by atoms with van der Waals surface area (Å²) in [5.74, 6) is -0.576. The Morgan fingerprint density at radius 1 is 0.968 bits per heavy atom. The number of ether oxygens (including phenoxy) is 1. The molecular weight excluding hydrogens is 424 g/mol. The first-order valence-corrected chi connectivity index (χ1v) is 10.3. The molecule has 0 saturated carbocycles. The molecule has 0 spiro atoms. The van der Waals surface area contributed by atoms with Crippen molar-refractivity contribution in [3.05, 3.63) is 76.3 Å². The van der Waals surface area contributed by atoms with Crippen molar-refractivity contribution in [1.29, 1.82) is 0 Å². The maximum absolute atomic E-state index is 12.9. The van der Waals surface area contributed by atoms with Gasteiger partial charge in [-0.1, -0.05) is 24.3 Å². The maximum atomic E-state index is 12.9. The van der Waals surface area contributed by atoms with E-state index in [9.17, 15) is 23.3 Å². The van der Waals surface area contributed by atoms with Crippen molar-refractivity contribution < 1.29 is 22.9 Å². The van der Waals surface area contributed by atoms with E-state index in [0.29, 0.717) is 16.6 Å². The van der Waals surface area contributed by atoms with E-state index in [4.69, 9.17) is 4.74 Å². The van der Waals surface area contributed by atoms with E-state index >= 15 is 0 Å². The number of hydrogen-bond donors (Lipinski definition) is 1. The van der Waals surface area contributed by atoms with Crippen LogP contribution >= 0.6 is 0 Å². The molecule has 1 aromatic heterocycles. The van der Waals surface area contributed by atoms with E-state index in [0.717, 1.165) is 12.1 Å². The summed E-state index contributed by atoms with van der Waals surface area (Å²) < 4.78 is 32.9. The molecule has 4 aromatic rings. The van der Waals surface area contributed by atoms with Crippen LogP contribution in [0.3, 0.4) is 0 Å². The van der Waals surface area contributed by atoms with Gasteiger partial charge in [-0.25, -0.2) is 23.2 Å². The van der Waals surface area contributed by atoms with Crippen molar-refractivity contribution in [3.63, 3.8) is 0 Å². The number of carbonyl (C=O) groups excluding carboxylic acids is 1. The van der Waals surface area contributed by atoms with Crippen molar-refractivity contribution >= 4 is 49.4 Å². The topological polar surface area (TPSA) is 141 Å². The summed E-state index contributed by atoms with van der Waals surface area (Å²) in [5, 5.41) is 11.2. The van der Waals surface area contributed by atoms with Gasteiger partial charge in [0.2, 0.25) is 0 Å². The van der Waals surface area contributed by atoms with Crippen LogP contribution in [-0.2, 0) is 14.8 Å². The highest BCUT2D eigenvalue weighted by molar-refractivity contribution is 7.92. The number of sulfonamides is 1. The zero-order valence-electron chi connectivity index (χ0n) is 16.0. The minimum atomic E-state index is -4.29. The fourth-order valence-corrected chi connectivity index (χ4v) is 4.35. The number of nitrogens with one attached hydrogen (secondary N) is 1. The van der Waals surface area contributed by atoms with Gasteiger partial charge in [-0.15, -0.1) is 0 Å². The van der Waals surface area contributed by atoms with Gasteiger partial charge in [0.25, 0.3) is 15.7 Å². The monoisotopic (exact) mass is 438 g/mol. The molecule has 0 radical (unpaired) electrons. The molecule has 0 amide bonds. The first-order valence-electron chi connectivity index (χ1n) is 8.86. The summed E-state index contributed by atoms with van der Waals surface area (Å²) in [6.07, 6.45) is 0. The quantitative estimate of drug-likeness (QED) is 0.217. The first kappa shape index (κ1) is 20.2. The SMILES string of the molecule is COC(=O)c1cccc2nc3c(NS(=O)(=O)c4ccccc4[N+](=O)[O-])cccc3nc12. The Morgan fingerprint density at radius 2 is 1.61 bits per heavy atom. The Hall–Kier alpha value is -4.12. The first-order chi connectivity index (χ1) is 14.8. The zero-order chi connectivity index (χ0) is 22.2. The summed E-state index contributed by atoms with van der Waals surface area (Å²) in [7, 11) is -3.04. The van der Waals surface area contributed by atoms with Crippen molar-refractivity contribution in [1.82, 2.24) is 9.97 Å². The Labute approximate surface area is 175 Å². The highest BCUT2D eigenvalue weighted by Gasteiger charge is 2.26. The molecule has 0 bridgehead atoms. The van der Waals surface area contributed by atoms with E-state index in [2.05, 4.69) is 14.7 Å². The minimum absolute atomic E-state index is 0.0912. The molecule has 3 aromatic carbocycles. The maximum Gasteiger partial charge on any atom is 0.340 e. The lowest BCUT2D eigenvalue weighted by Crippen LogP contribution is -2.15. The van der Waals surface area contributed by atoms with Gasteiger partial charge >= 0.3 is 5.97 Å². The van der Waals surface area contributed by atoms with Crippen LogP contribution in [0.1, 0.15) is 10.4 Å². The van der Waals surface area contributed by atoms with Crippen LogP contribution in [0.15, 0.2) is 65.6 Å². The molecule has 156 valence electrons. The molecule has 11 heteroatoms. The van der Waals surface area contributed by atoms with E-state index in [1.807, 2.05) is 0 Å². The Kier molecular flexibility index (Phi) is 4.95. The largest absolute Gasteiger partial charge is 0.465 e. The fourth-order valence-electron chi connectivity index (χ4n) is 3.11. The Morgan fingerprint density at radius 3 is 2.32 bits per heavy atom. The molecule has 0 saturated heterocycles. The lowest BCUT2D eigenvalue weighted by atomic mass is 10.1. The predicted octanol–water partition coefficient (Wildman–Crippen LogP) is 3.28. The summed E-state index contributed by atoms with van der Waals surface area (Å²) in [6, 6.07) is 14.5. The number of rotatable bonds is 5. The molecule has 0 aliphatic heterocycles. The Balaban J connectivity index is 1.87. The number of nitro groups is 1. The van der Waals surface area contributed by atoms with Crippen LogP contribution in [0.5, 0.6) is 0 Å². The fraction of sp³-hybridized carbons (Fsp3) is 0.0500. The van der Waals surface area contributed by atoms with Crippen molar-refractivity contribution in [2.45, 2.75) is 4.90 Å². The van der Waals surface area contributed by atoms with Gasteiger partial charge in [0.15, 0.2) is 4.90 Å². The van der Waals surface area contributed by atoms with Gasteiger partial charge in [0, 0.05) is 6.07 Å². The van der Waals surface area contributed by atoms with Crippen molar-refractivity contribution in [3.8, 4) is 0 Å². The van der Waals surface area contributed by atoms with Gasteiger partial charge in [0.1, 0.15) is 11.0 Å². The Bertz CT molecular complexity index is 1470. The molecule has 31 heavy (non-hydrogen) atoms. The summed E-state index contributed by atoms with van der Waals surface area (Å²) in [4.78, 5) is 30.9. The highest BCUT2D eigenvalue weighted by atomic mass is 32.2. The second-order valence-corrected chi connectivity index (χ2v) is 8.04. The number of para-hydroxylation sites is 3. The zero-order valence-corrected chi connectivity index (χ0v) is 16.8. The van der Waals surface area contributed by atoms with Crippen LogP contribution in [0, 0.1) is 10.1 Å². The second kappa shape index (κ2) is 7.61. The number of hydrogen-bond acceptors (Lipinski definition) is 8. The van der Waals surface area contributed by atoms with Gasteiger partial charge in [-0.05, 0) is 30.3 Å². The lowest BCUT2D eigenvalue weighted by molar-refractivity contribution is -0.387. The second-order valence-electron chi connectivity index (χ2n) is 6.39. The van der Waals surface area contributed by atoms with Crippen LogP contribution in [0.2, 0.25) is 0 Å². The molecule has 0 fully saturated rings. The average molecular weight is 438 g/mol. The number of benzene rings is 3. The molecule has 0 atom stereocenters. The van der Waals surface area contributed by atoms with Gasteiger partial charge in [0.05, 0.1) is 34.3 Å². The third-order valence-corrected chi connectivity index (χ3v) is 5.91. The lowest BCUT2D eigenvalue weighted by Gasteiger charge is -2.11. The molecule has 0 aliphatic carbocycles. The number of aromatic nitrogens is 2. The van der Waals surface area contributed by atoms with E-state index in [1.54, 1.807) is 30.3 Å². The molecule has 0 unspecified atom stereocenters. The highest BCUT2D eigenvalue weighted by Crippen LogP contribution is 2.29. The summed E-state index contributed by atoms with van der Waals surface area (Å²) >= 11 is 0. The number of nitro benzene ring substituents is 1. The smallest absolute Gasteiger partial charge is 0.340 e. The van der Waals surface area contributed by atoms with Crippen LogP contribution in [0.25, 0.3) is 22.1 Å². The molecule has 0 aliphatic rings. The molecular formula is C20H14N4O6S. The standard InChI is InChI=1S/C20H14N4O6S/c1-30-20(25)12-6-4-7-13-18(12)21-14-8-5-9-15(19(14)22-13)23-31(28,29)17-11-3-2-10-16(17)24(26)27/h2-11,23H,1H3. The third kappa shape index (κ3) is 3.62. The molecule has 1 heterocycles. The van der Waals surface area contributed by atoms with E-state index < -0.39 is 31.5 Å². The number of methoxy groups -OCH3 is 1. The number of carbonyl (C=O) groups is 1. The van der Waals surface area contributed by atoms with Gasteiger partial charge in [-0.3, -0.25) is 14.8 Å². The summed E-state index contributed by atoms with van der Waals surface area (Å²) in [5.41, 5.74) is 0.974. The normalized spacial score (nSPS) is 11.4. The van der Waals surface area contributed by atoms with Gasteiger partial charge in [-0.2, -0.15) is 0 Å². The van der Waals surface area contributed by atoms with Gasteiger partial charge < -0.3 is 4.74 Å². The van der Waals surface area contributed by atoms with Crippen molar-refractivity contribution in [2.75, 3.05) is 11.8 Å². The number of esters is 1. The van der Waals surface area contributed by atoms with Crippen LogP contribution < -0.4 is 4.72 Å². The average Bonchev–Trinajstić information content (AvgIpc) is 2.77. The molecule has 10 nitrogen and oxygen atoms in total. The van der Waals surface area contributed by atoms with Crippen LogP contribution in [-0.4, -0.2) is 36.4 Å². The summed E-state index contributed by atoms with van der Waals surface area (Å²) in [6.45, 7) is 0. The third-order valence-electron chi connectivity index (χ3n) is 4.50. The number of fused-ring (bicyclic) bond motifs is 2. The predicted molar refractivity (Wildman–Crippen MR) is 112 cm³/mol. The molecule has 4 rings (SSSR count). The number of anilines is 1. The number of nitrogens with zero attached hydrogens (tertiary/aromatic N) is 3. The van der Waals surface area contributed by atoms with E-state index in [-0.39, 0.29) is 16.8 Å². The van der Waals surface area contributed by atoms with Crippen molar-refractivity contribution in [2.24, 2.45) is 0 Å². The molecule has 1 N–H and O–H groups in total. The minimum Gasteiger partial charge on any atom is -0.465 e.